The minimum atomic E-state index is -0.123. The molecule has 0 bridgehead atoms. The van der Waals surface area contributed by atoms with Crippen molar-refractivity contribution in [2.24, 2.45) is 4.99 Å². The van der Waals surface area contributed by atoms with E-state index < -0.39 is 0 Å². The van der Waals surface area contributed by atoms with E-state index >= 15 is 0 Å². The minimum Gasteiger partial charge on any atom is -0.506 e. The summed E-state index contributed by atoms with van der Waals surface area (Å²) >= 11 is 4.49. The van der Waals surface area contributed by atoms with Crippen LogP contribution < -0.4 is 0 Å². The highest BCUT2D eigenvalue weighted by atomic mass is 32.2. The van der Waals surface area contributed by atoms with Gasteiger partial charge in [-0.1, -0.05) is 152 Å². The summed E-state index contributed by atoms with van der Waals surface area (Å²) in [6.45, 7) is 19.8. The number of ketones is 1. The van der Waals surface area contributed by atoms with Crippen LogP contribution in [-0.2, 0) is 16.2 Å². The molecule has 1 aliphatic carbocycles. The Morgan fingerprint density at radius 3 is 1.38 bits per heavy atom. The molecule has 6 heteroatoms. The third-order valence-electron chi connectivity index (χ3n) is 9.05. The van der Waals surface area contributed by atoms with E-state index in [2.05, 4.69) is 135 Å². The smallest absolute Gasteiger partial charge is 0.201 e. The second-order valence-electron chi connectivity index (χ2n) is 16.3. The fourth-order valence-corrected chi connectivity index (χ4v) is 8.77. The van der Waals surface area contributed by atoms with E-state index in [0.717, 1.165) is 25.3 Å². The molecule has 0 saturated carbocycles. The molecule has 52 heavy (non-hydrogen) atoms. The van der Waals surface area contributed by atoms with Gasteiger partial charge in [-0.2, -0.15) is 0 Å². The van der Waals surface area contributed by atoms with Gasteiger partial charge in [-0.05, 0) is 93.6 Å². The van der Waals surface area contributed by atoms with E-state index in [9.17, 15) is 9.90 Å². The van der Waals surface area contributed by atoms with Crippen molar-refractivity contribution in [2.75, 3.05) is 0 Å². The van der Waals surface area contributed by atoms with Gasteiger partial charge in [0.1, 0.15) is 5.75 Å². The van der Waals surface area contributed by atoms with Gasteiger partial charge in [-0.25, -0.2) is 4.99 Å². The first-order chi connectivity index (χ1) is 24.5. The second-order valence-corrected chi connectivity index (χ2v) is 19.6. The topological polar surface area (TPSA) is 49.7 Å². The number of benzene rings is 5. The number of phenols is 1. The van der Waals surface area contributed by atoms with Crippen LogP contribution in [0.15, 0.2) is 150 Å². The monoisotopic (exact) mass is 741 g/mol. The summed E-state index contributed by atoms with van der Waals surface area (Å²) in [5.41, 5.74) is 6.04. The molecule has 0 heterocycles. The number of carbonyl (C=O) groups is 1. The third-order valence-corrected chi connectivity index (χ3v) is 12.2. The molecule has 0 unspecified atom stereocenters. The molecule has 0 fully saturated rings. The molecule has 0 atom stereocenters. The summed E-state index contributed by atoms with van der Waals surface area (Å²) in [5, 5.41) is 12.1. The number of hydrogen-bond acceptors (Lipinski definition) is 6. The summed E-state index contributed by atoms with van der Waals surface area (Å²) in [6, 6.07) is 37.2. The number of phenolic OH excluding ortho intramolecular Hbond substituents is 1. The van der Waals surface area contributed by atoms with Crippen molar-refractivity contribution in [3.8, 4) is 5.75 Å². The molecule has 6 rings (SSSR count). The molecule has 1 N–H and O–H groups in total. The number of nitrogens with zero attached hydrogens (tertiary/aromatic N) is 1. The first kappa shape index (κ1) is 37.8. The van der Waals surface area contributed by atoms with Gasteiger partial charge in [0, 0.05) is 19.6 Å². The lowest BCUT2D eigenvalue weighted by Crippen LogP contribution is -2.18. The number of Topliss-reactive ketones (excluding diaryl/α,β-unsaturated/α-hetero) is 1. The Kier molecular flexibility index (Phi) is 10.8. The van der Waals surface area contributed by atoms with Gasteiger partial charge in [-0.15, -0.1) is 0 Å². The van der Waals surface area contributed by atoms with Crippen LogP contribution in [0, 0.1) is 0 Å². The molecular weight excluding hydrogens is 695 g/mol. The highest BCUT2D eigenvalue weighted by Crippen LogP contribution is 2.48. The van der Waals surface area contributed by atoms with Crippen molar-refractivity contribution in [1.82, 2.24) is 0 Å². The van der Waals surface area contributed by atoms with E-state index in [4.69, 9.17) is 4.99 Å². The van der Waals surface area contributed by atoms with Gasteiger partial charge in [0.05, 0.1) is 32.3 Å². The van der Waals surface area contributed by atoms with Gasteiger partial charge in [0.15, 0.2) is 0 Å². The Morgan fingerprint density at radius 2 is 0.942 bits per heavy atom. The van der Waals surface area contributed by atoms with Crippen LogP contribution in [0.5, 0.6) is 5.75 Å². The van der Waals surface area contributed by atoms with Crippen molar-refractivity contribution < 1.29 is 9.90 Å². The van der Waals surface area contributed by atoms with Crippen LogP contribution in [0.4, 0.5) is 5.69 Å². The number of thioether (sulfide) groups is 1. The molecule has 3 nitrogen and oxygen atoms in total. The summed E-state index contributed by atoms with van der Waals surface area (Å²) in [7, 11) is 0. The van der Waals surface area contributed by atoms with Crippen LogP contribution in [0.1, 0.15) is 94.9 Å². The van der Waals surface area contributed by atoms with E-state index in [-0.39, 0.29) is 27.8 Å². The first-order valence-corrected chi connectivity index (χ1v) is 20.1. The van der Waals surface area contributed by atoms with Crippen LogP contribution in [0.25, 0.3) is 0 Å². The SMILES string of the molecule is CC(C)(C)c1ccc(SC2=CC(=Nc3ccccc3)c3c(O)c(Sc4ccc(C(C)(C)C)cc4)cc(Sc4ccc(C(C)(C)C)cc4)c3C2=O)cc1. The van der Waals surface area contributed by atoms with Crippen LogP contribution >= 0.6 is 35.3 Å². The third kappa shape index (κ3) is 8.62. The van der Waals surface area contributed by atoms with Crippen LogP contribution in [-0.4, -0.2) is 16.6 Å². The lowest BCUT2D eigenvalue weighted by molar-refractivity contribution is 0.103. The zero-order chi connectivity index (χ0) is 37.4. The summed E-state index contributed by atoms with van der Waals surface area (Å²) in [5.74, 6) is -0.0627. The predicted molar refractivity (Wildman–Crippen MR) is 223 cm³/mol. The van der Waals surface area contributed by atoms with Crippen molar-refractivity contribution in [3.63, 3.8) is 0 Å². The standard InChI is InChI=1S/C46H47NO2S3/c1-44(2,3)29-15-21-33(22-16-29)50-37-28-39(52-35-25-19-31(20-26-35)46(7,8)9)42(48)40-36(47-32-13-11-10-12-14-32)27-38(43(49)41(37)40)51-34-23-17-30(18-24-34)45(4,5)6/h10-28,48H,1-9H3. The maximum absolute atomic E-state index is 14.7. The van der Waals surface area contributed by atoms with Gasteiger partial charge in [-0.3, -0.25) is 4.79 Å². The number of rotatable bonds is 7. The Hall–Kier alpha value is -3.97. The lowest BCUT2D eigenvalue weighted by Gasteiger charge is -2.24. The highest BCUT2D eigenvalue weighted by Gasteiger charge is 2.33. The van der Waals surface area contributed by atoms with Gasteiger partial charge in [0.25, 0.3) is 0 Å². The number of carbonyl (C=O) groups excluding carboxylic acids is 1. The Balaban J connectivity index is 1.50. The molecule has 266 valence electrons. The molecule has 0 aliphatic heterocycles. The van der Waals surface area contributed by atoms with Crippen molar-refractivity contribution >= 4 is 52.5 Å². The number of fused-ring (bicyclic) bond motifs is 1. The maximum atomic E-state index is 14.7. The average molecular weight is 742 g/mol. The van der Waals surface area contributed by atoms with E-state index in [1.165, 1.54) is 40.2 Å². The van der Waals surface area contributed by atoms with Crippen molar-refractivity contribution in [2.45, 2.75) is 103 Å². The Labute approximate surface area is 322 Å². The molecule has 0 amide bonds. The fourth-order valence-electron chi connectivity index (χ4n) is 5.90. The summed E-state index contributed by atoms with van der Waals surface area (Å²) in [4.78, 5) is 24.8. The average Bonchev–Trinajstić information content (AvgIpc) is 3.08. The van der Waals surface area contributed by atoms with Crippen molar-refractivity contribution in [1.29, 1.82) is 0 Å². The van der Waals surface area contributed by atoms with Gasteiger partial charge >= 0.3 is 0 Å². The Bertz CT molecular complexity index is 2140. The number of aliphatic imine (C=N–C) groups is 1. The molecule has 0 aromatic heterocycles. The zero-order valence-electron chi connectivity index (χ0n) is 31.5. The molecular formula is C46H47NO2S3. The van der Waals surface area contributed by atoms with E-state index in [1.54, 1.807) is 11.8 Å². The minimum absolute atomic E-state index is 0.0218. The largest absolute Gasteiger partial charge is 0.506 e. The van der Waals surface area contributed by atoms with Gasteiger partial charge < -0.3 is 5.11 Å². The molecule has 0 radical (unpaired) electrons. The van der Waals surface area contributed by atoms with E-state index in [0.29, 0.717) is 26.6 Å². The molecule has 0 saturated heterocycles. The predicted octanol–water partition coefficient (Wildman–Crippen LogP) is 13.6. The van der Waals surface area contributed by atoms with Gasteiger partial charge in [0.2, 0.25) is 5.78 Å². The Morgan fingerprint density at radius 1 is 0.519 bits per heavy atom. The number of hydrogen-bond donors (Lipinski definition) is 1. The number of allylic oxidation sites excluding steroid dienone is 2. The van der Waals surface area contributed by atoms with Crippen molar-refractivity contribution in [3.05, 3.63) is 148 Å². The quantitative estimate of drug-likeness (QED) is 0.180. The molecule has 5 aromatic rings. The molecule has 0 spiro atoms. The number of para-hydroxylation sites is 1. The molecule has 1 aliphatic rings. The zero-order valence-corrected chi connectivity index (χ0v) is 33.9. The number of aromatic hydroxyl groups is 1. The lowest BCUT2D eigenvalue weighted by atomic mass is 9.87. The second kappa shape index (κ2) is 14.8. The van der Waals surface area contributed by atoms with E-state index in [1.807, 2.05) is 42.5 Å². The maximum Gasteiger partial charge on any atom is 0.201 e. The highest BCUT2D eigenvalue weighted by molar-refractivity contribution is 8.04. The summed E-state index contributed by atoms with van der Waals surface area (Å²) < 4.78 is 0. The van der Waals surface area contributed by atoms with Crippen LogP contribution in [0.2, 0.25) is 0 Å². The fraction of sp³-hybridized carbons (Fsp3) is 0.261. The molecule has 5 aromatic carbocycles. The normalized spacial score (nSPS) is 14.4. The summed E-state index contributed by atoms with van der Waals surface area (Å²) in [6.07, 6.45) is 1.85. The first-order valence-electron chi connectivity index (χ1n) is 17.6. The van der Waals surface area contributed by atoms with Crippen LogP contribution in [0.3, 0.4) is 0 Å².